The van der Waals surface area contributed by atoms with Gasteiger partial charge in [0.05, 0.1) is 12.0 Å². The van der Waals surface area contributed by atoms with E-state index < -0.39 is 0 Å². The first-order valence-electron chi connectivity index (χ1n) is 7.00. The summed E-state index contributed by atoms with van der Waals surface area (Å²) >= 11 is 0. The zero-order valence-electron chi connectivity index (χ0n) is 12.2. The van der Waals surface area contributed by atoms with Gasteiger partial charge in [-0.2, -0.15) is 10.1 Å². The standard InChI is InChI=1S/C15H14N4O3/c1-8-13(9(2)20)14(19-15(18-8)16-6-17-19)10-3-4-11-12(5-10)22-7-21-11/h3-6,13-14H,7H2,1-2H3. The molecule has 0 bridgehead atoms. The highest BCUT2D eigenvalue weighted by molar-refractivity contribution is 6.05. The van der Waals surface area contributed by atoms with E-state index in [1.165, 1.54) is 6.33 Å². The van der Waals surface area contributed by atoms with Gasteiger partial charge in [-0.05, 0) is 31.5 Å². The van der Waals surface area contributed by atoms with Crippen LogP contribution in [0.2, 0.25) is 0 Å². The van der Waals surface area contributed by atoms with Gasteiger partial charge >= 0.3 is 0 Å². The first-order chi connectivity index (χ1) is 10.6. The molecule has 22 heavy (non-hydrogen) atoms. The molecule has 0 aliphatic carbocycles. The van der Waals surface area contributed by atoms with Crippen LogP contribution in [0.3, 0.4) is 0 Å². The van der Waals surface area contributed by atoms with Crippen molar-refractivity contribution < 1.29 is 14.3 Å². The van der Waals surface area contributed by atoms with Crippen LogP contribution in [-0.2, 0) is 4.79 Å². The van der Waals surface area contributed by atoms with E-state index >= 15 is 0 Å². The van der Waals surface area contributed by atoms with Crippen molar-refractivity contribution in [3.8, 4) is 11.5 Å². The van der Waals surface area contributed by atoms with Crippen molar-refractivity contribution >= 4 is 17.4 Å². The Balaban J connectivity index is 1.87. The molecule has 2 unspecified atom stereocenters. The minimum Gasteiger partial charge on any atom is -0.454 e. The number of hydrogen-bond donors (Lipinski definition) is 0. The molecule has 112 valence electrons. The Hall–Kier alpha value is -2.70. The van der Waals surface area contributed by atoms with Gasteiger partial charge in [0, 0.05) is 5.71 Å². The van der Waals surface area contributed by atoms with E-state index in [1.807, 2.05) is 25.1 Å². The lowest BCUT2D eigenvalue weighted by Gasteiger charge is -2.29. The molecule has 7 heteroatoms. The highest BCUT2D eigenvalue weighted by Crippen LogP contribution is 2.40. The minimum absolute atomic E-state index is 0.0464. The summed E-state index contributed by atoms with van der Waals surface area (Å²) < 4.78 is 12.5. The lowest BCUT2D eigenvalue weighted by molar-refractivity contribution is -0.119. The highest BCUT2D eigenvalue weighted by atomic mass is 16.7. The van der Waals surface area contributed by atoms with E-state index in [4.69, 9.17) is 9.47 Å². The van der Waals surface area contributed by atoms with Gasteiger partial charge < -0.3 is 9.47 Å². The summed E-state index contributed by atoms with van der Waals surface area (Å²) in [5.41, 5.74) is 1.67. The quantitative estimate of drug-likeness (QED) is 0.846. The number of benzene rings is 1. The van der Waals surface area contributed by atoms with Crippen LogP contribution >= 0.6 is 0 Å². The third kappa shape index (κ3) is 1.82. The lowest BCUT2D eigenvalue weighted by atomic mass is 9.85. The first-order valence-corrected chi connectivity index (χ1v) is 7.00. The van der Waals surface area contributed by atoms with Crippen molar-refractivity contribution in [1.82, 2.24) is 14.8 Å². The summed E-state index contributed by atoms with van der Waals surface area (Å²) in [7, 11) is 0. The molecule has 3 heterocycles. The van der Waals surface area contributed by atoms with Crippen molar-refractivity contribution in [1.29, 1.82) is 0 Å². The summed E-state index contributed by atoms with van der Waals surface area (Å²) in [5.74, 6) is 1.59. The average molecular weight is 298 g/mol. The zero-order chi connectivity index (χ0) is 15.3. The van der Waals surface area contributed by atoms with Gasteiger partial charge in [-0.1, -0.05) is 6.07 Å². The van der Waals surface area contributed by atoms with Gasteiger partial charge in [0.1, 0.15) is 12.1 Å². The summed E-state index contributed by atoms with van der Waals surface area (Å²) in [6.45, 7) is 3.64. The molecule has 0 spiro atoms. The van der Waals surface area contributed by atoms with Crippen LogP contribution in [0.25, 0.3) is 0 Å². The second kappa shape index (κ2) is 4.66. The Bertz CT molecular complexity index is 796. The number of fused-ring (bicyclic) bond motifs is 2. The fourth-order valence-electron chi connectivity index (χ4n) is 3.06. The van der Waals surface area contributed by atoms with E-state index in [0.29, 0.717) is 17.4 Å². The second-order valence-corrected chi connectivity index (χ2v) is 5.40. The number of rotatable bonds is 2. The number of aliphatic imine (C=N–C) groups is 1. The van der Waals surface area contributed by atoms with Gasteiger partial charge in [0.2, 0.25) is 12.7 Å². The maximum absolute atomic E-state index is 12.2. The van der Waals surface area contributed by atoms with Crippen LogP contribution in [0.1, 0.15) is 25.5 Å². The molecule has 0 N–H and O–H groups in total. The third-order valence-electron chi connectivity index (χ3n) is 4.04. The average Bonchev–Trinajstić information content (AvgIpc) is 3.12. The molecule has 4 rings (SSSR count). The topological polar surface area (TPSA) is 78.6 Å². The zero-order valence-corrected chi connectivity index (χ0v) is 12.2. The molecule has 2 aliphatic rings. The number of Topliss-reactive ketones (excluding diaryl/α,β-unsaturated/α-hetero) is 1. The van der Waals surface area contributed by atoms with Crippen LogP contribution in [0, 0.1) is 5.92 Å². The molecular formula is C15H14N4O3. The SMILES string of the molecule is CC(=O)C1C(C)=Nc2ncnn2C1c1ccc2c(c1)OCO2. The van der Waals surface area contributed by atoms with E-state index in [0.717, 1.165) is 11.3 Å². The van der Waals surface area contributed by atoms with E-state index in [9.17, 15) is 4.79 Å². The second-order valence-electron chi connectivity index (χ2n) is 5.40. The van der Waals surface area contributed by atoms with Crippen molar-refractivity contribution in [3.63, 3.8) is 0 Å². The number of nitrogens with zero attached hydrogens (tertiary/aromatic N) is 4. The van der Waals surface area contributed by atoms with Crippen LogP contribution in [-0.4, -0.2) is 33.1 Å². The number of carbonyl (C=O) groups is 1. The monoisotopic (exact) mass is 298 g/mol. The minimum atomic E-state index is -0.366. The molecule has 0 saturated carbocycles. The molecule has 1 aromatic heterocycles. The number of hydrogen-bond acceptors (Lipinski definition) is 6. The lowest BCUT2D eigenvalue weighted by Crippen LogP contribution is -2.34. The van der Waals surface area contributed by atoms with Crippen molar-refractivity contribution in [2.24, 2.45) is 10.9 Å². The van der Waals surface area contributed by atoms with E-state index in [1.54, 1.807) is 11.6 Å². The summed E-state index contributed by atoms with van der Waals surface area (Å²) in [6, 6.07) is 5.40. The van der Waals surface area contributed by atoms with Crippen LogP contribution in [0.15, 0.2) is 29.5 Å². The Labute approximate surface area is 126 Å². The molecular weight excluding hydrogens is 284 g/mol. The fraction of sp³-hybridized carbons (Fsp3) is 0.333. The molecule has 2 atom stereocenters. The predicted octanol–water partition coefficient (Wildman–Crippen LogP) is 1.91. The molecule has 0 saturated heterocycles. The molecule has 2 aromatic rings. The van der Waals surface area contributed by atoms with Gasteiger partial charge in [-0.25, -0.2) is 9.67 Å². The molecule has 0 fully saturated rings. The maximum Gasteiger partial charge on any atom is 0.248 e. The van der Waals surface area contributed by atoms with Crippen LogP contribution in [0.5, 0.6) is 11.5 Å². The first kappa shape index (κ1) is 13.0. The Kier molecular flexibility index (Phi) is 2.75. The van der Waals surface area contributed by atoms with Crippen molar-refractivity contribution in [2.75, 3.05) is 6.79 Å². The third-order valence-corrected chi connectivity index (χ3v) is 4.04. The molecule has 0 radical (unpaired) electrons. The van der Waals surface area contributed by atoms with Gasteiger partial charge in [-0.15, -0.1) is 0 Å². The van der Waals surface area contributed by atoms with Crippen LogP contribution in [0.4, 0.5) is 5.95 Å². The maximum atomic E-state index is 12.2. The van der Waals surface area contributed by atoms with Crippen molar-refractivity contribution in [3.05, 3.63) is 30.1 Å². The normalized spacial score (nSPS) is 22.2. The van der Waals surface area contributed by atoms with Crippen molar-refractivity contribution in [2.45, 2.75) is 19.9 Å². The fourth-order valence-corrected chi connectivity index (χ4v) is 3.06. The Morgan fingerprint density at radius 1 is 1.32 bits per heavy atom. The van der Waals surface area contributed by atoms with E-state index in [-0.39, 0.29) is 24.5 Å². The van der Waals surface area contributed by atoms with Gasteiger partial charge in [0.15, 0.2) is 11.5 Å². The highest BCUT2D eigenvalue weighted by Gasteiger charge is 2.37. The smallest absolute Gasteiger partial charge is 0.248 e. The van der Waals surface area contributed by atoms with Gasteiger partial charge in [0.25, 0.3) is 0 Å². The number of ether oxygens (including phenoxy) is 2. The summed E-state index contributed by atoms with van der Waals surface area (Å²) in [6.07, 6.45) is 1.45. The van der Waals surface area contributed by atoms with E-state index in [2.05, 4.69) is 15.1 Å². The summed E-state index contributed by atoms with van der Waals surface area (Å²) in [5, 5.41) is 4.25. The predicted molar refractivity (Wildman–Crippen MR) is 77.7 cm³/mol. The molecule has 1 aromatic carbocycles. The molecule has 2 aliphatic heterocycles. The van der Waals surface area contributed by atoms with Gasteiger partial charge in [-0.3, -0.25) is 4.79 Å². The largest absolute Gasteiger partial charge is 0.454 e. The molecule has 0 amide bonds. The Morgan fingerprint density at radius 3 is 2.95 bits per heavy atom. The Morgan fingerprint density at radius 2 is 2.14 bits per heavy atom. The summed E-state index contributed by atoms with van der Waals surface area (Å²) in [4.78, 5) is 20.7. The molecule has 7 nitrogen and oxygen atoms in total. The van der Waals surface area contributed by atoms with Crippen LogP contribution < -0.4 is 9.47 Å². The number of aromatic nitrogens is 3. The number of ketones is 1. The number of carbonyl (C=O) groups excluding carboxylic acids is 1.